The molecule has 1 saturated carbocycles. The Morgan fingerprint density at radius 1 is 1.33 bits per heavy atom. The highest BCUT2D eigenvalue weighted by Gasteiger charge is 2.54. The topological polar surface area (TPSA) is 81.7 Å². The lowest BCUT2D eigenvalue weighted by Crippen LogP contribution is -2.62. The maximum atomic E-state index is 12.2. The number of sulfone groups is 1. The summed E-state index contributed by atoms with van der Waals surface area (Å²) in [5, 5.41) is 2.98. The van der Waals surface area contributed by atoms with E-state index in [2.05, 4.69) is 5.32 Å². The standard InChI is InChI=1S/C17H23NO5S/c1-22-11-14-16(13-7-9-23-17(13)14)18-15(19)8-10-24(20,21)12-5-3-2-4-6-12/h2-6,13-14,16-17H,7-11H2,1H3,(H,18,19)/t13-,14+,16+,17-/m1/s1. The van der Waals surface area contributed by atoms with Gasteiger partial charge in [-0.3, -0.25) is 4.79 Å². The Labute approximate surface area is 142 Å². The summed E-state index contributed by atoms with van der Waals surface area (Å²) in [6.45, 7) is 1.25. The fourth-order valence-electron chi connectivity index (χ4n) is 3.67. The SMILES string of the molecule is COC[C@H]1[C@@H](NC(=O)CCS(=O)(=O)c2ccccc2)[C@H]2CCO[C@H]21. The molecule has 0 aromatic heterocycles. The molecule has 1 aliphatic carbocycles. The third-order valence-electron chi connectivity index (χ3n) is 4.91. The minimum Gasteiger partial charge on any atom is -0.384 e. The lowest BCUT2D eigenvalue weighted by molar-refractivity contribution is -0.129. The third kappa shape index (κ3) is 3.48. The van der Waals surface area contributed by atoms with Crippen LogP contribution in [-0.2, 0) is 24.1 Å². The lowest BCUT2D eigenvalue weighted by Gasteiger charge is -2.47. The van der Waals surface area contributed by atoms with E-state index < -0.39 is 9.84 Å². The molecule has 1 heterocycles. The van der Waals surface area contributed by atoms with Gasteiger partial charge in [0.05, 0.1) is 23.4 Å². The average molecular weight is 353 g/mol. The number of methoxy groups -OCH3 is 1. The molecule has 1 N–H and O–H groups in total. The van der Waals surface area contributed by atoms with Gasteiger partial charge in [0.1, 0.15) is 0 Å². The van der Waals surface area contributed by atoms with Crippen LogP contribution in [0.2, 0.25) is 0 Å². The van der Waals surface area contributed by atoms with Gasteiger partial charge in [0.15, 0.2) is 9.84 Å². The van der Waals surface area contributed by atoms with Gasteiger partial charge in [-0.2, -0.15) is 0 Å². The van der Waals surface area contributed by atoms with Crippen molar-refractivity contribution < 1.29 is 22.7 Å². The summed E-state index contributed by atoms with van der Waals surface area (Å²) in [5.74, 6) is 0.0535. The van der Waals surface area contributed by atoms with Crippen LogP contribution in [0.15, 0.2) is 35.2 Å². The first-order chi connectivity index (χ1) is 11.5. The van der Waals surface area contributed by atoms with Crippen molar-refractivity contribution in [1.82, 2.24) is 5.32 Å². The summed E-state index contributed by atoms with van der Waals surface area (Å²) in [7, 11) is -1.80. The lowest BCUT2D eigenvalue weighted by atomic mass is 9.67. The van der Waals surface area contributed by atoms with Gasteiger partial charge in [-0.15, -0.1) is 0 Å². The van der Waals surface area contributed by atoms with Gasteiger partial charge in [0.25, 0.3) is 0 Å². The zero-order valence-electron chi connectivity index (χ0n) is 13.7. The van der Waals surface area contributed by atoms with Crippen molar-refractivity contribution in [3.05, 3.63) is 30.3 Å². The summed E-state index contributed by atoms with van der Waals surface area (Å²) in [4.78, 5) is 12.5. The van der Waals surface area contributed by atoms with Gasteiger partial charge >= 0.3 is 0 Å². The number of carbonyl (C=O) groups excluding carboxylic acids is 1. The second kappa shape index (κ2) is 7.21. The molecular weight excluding hydrogens is 330 g/mol. The monoisotopic (exact) mass is 353 g/mol. The van der Waals surface area contributed by atoms with Crippen molar-refractivity contribution in [2.24, 2.45) is 11.8 Å². The zero-order valence-corrected chi connectivity index (χ0v) is 14.5. The van der Waals surface area contributed by atoms with Crippen molar-refractivity contribution in [1.29, 1.82) is 0 Å². The molecule has 2 aliphatic rings. The molecule has 24 heavy (non-hydrogen) atoms. The molecule has 1 aromatic rings. The molecule has 0 spiro atoms. The Morgan fingerprint density at radius 2 is 2.08 bits per heavy atom. The van der Waals surface area contributed by atoms with Gasteiger partial charge in [0, 0.05) is 38.0 Å². The molecule has 132 valence electrons. The van der Waals surface area contributed by atoms with Gasteiger partial charge in [-0.25, -0.2) is 8.42 Å². The highest BCUT2D eigenvalue weighted by Crippen LogP contribution is 2.43. The Morgan fingerprint density at radius 3 is 2.79 bits per heavy atom. The van der Waals surface area contributed by atoms with Gasteiger partial charge < -0.3 is 14.8 Å². The molecule has 3 rings (SSSR count). The number of hydrogen-bond donors (Lipinski definition) is 1. The number of carbonyl (C=O) groups is 1. The first kappa shape index (κ1) is 17.4. The fourth-order valence-corrected chi connectivity index (χ4v) is 4.93. The molecule has 1 amide bonds. The smallest absolute Gasteiger partial charge is 0.221 e. The molecule has 0 bridgehead atoms. The van der Waals surface area contributed by atoms with E-state index in [0.29, 0.717) is 19.1 Å². The summed E-state index contributed by atoms with van der Waals surface area (Å²) in [5.41, 5.74) is 0. The van der Waals surface area contributed by atoms with E-state index in [1.807, 2.05) is 0 Å². The average Bonchev–Trinajstić information content (AvgIpc) is 3.01. The van der Waals surface area contributed by atoms with Gasteiger partial charge in [-0.1, -0.05) is 18.2 Å². The predicted octanol–water partition coefficient (Wildman–Crippen LogP) is 1.02. The van der Waals surface area contributed by atoms with E-state index in [0.717, 1.165) is 6.42 Å². The van der Waals surface area contributed by atoms with E-state index >= 15 is 0 Å². The van der Waals surface area contributed by atoms with Gasteiger partial charge in [0.2, 0.25) is 5.91 Å². The van der Waals surface area contributed by atoms with E-state index in [-0.39, 0.29) is 41.0 Å². The second-order valence-corrected chi connectivity index (χ2v) is 8.49. The number of ether oxygens (including phenoxy) is 2. The fraction of sp³-hybridized carbons (Fsp3) is 0.588. The molecule has 1 aliphatic heterocycles. The number of nitrogens with one attached hydrogen (secondary N) is 1. The largest absolute Gasteiger partial charge is 0.384 e. The Bertz CT molecular complexity index is 675. The van der Waals surface area contributed by atoms with Crippen LogP contribution in [-0.4, -0.2) is 52.5 Å². The quantitative estimate of drug-likeness (QED) is 0.791. The second-order valence-electron chi connectivity index (χ2n) is 6.38. The number of benzene rings is 1. The van der Waals surface area contributed by atoms with Crippen molar-refractivity contribution in [3.8, 4) is 0 Å². The van der Waals surface area contributed by atoms with Crippen molar-refractivity contribution in [2.45, 2.75) is 29.9 Å². The molecule has 4 atom stereocenters. The Hall–Kier alpha value is -1.44. The molecule has 2 fully saturated rings. The molecule has 1 aromatic carbocycles. The van der Waals surface area contributed by atoms with Crippen LogP contribution in [0.1, 0.15) is 12.8 Å². The normalized spacial score (nSPS) is 28.9. The first-order valence-corrected chi connectivity index (χ1v) is 9.86. The van der Waals surface area contributed by atoms with Crippen molar-refractivity contribution in [3.63, 3.8) is 0 Å². The minimum atomic E-state index is -3.43. The molecule has 7 heteroatoms. The Kier molecular flexibility index (Phi) is 5.22. The maximum absolute atomic E-state index is 12.2. The van der Waals surface area contributed by atoms with E-state index in [4.69, 9.17) is 9.47 Å². The summed E-state index contributed by atoms with van der Waals surface area (Å²) in [6.07, 6.45) is 1.05. The van der Waals surface area contributed by atoms with Crippen molar-refractivity contribution in [2.75, 3.05) is 26.1 Å². The van der Waals surface area contributed by atoms with E-state index in [1.165, 1.54) is 0 Å². The number of rotatable bonds is 7. The van der Waals surface area contributed by atoms with E-state index in [9.17, 15) is 13.2 Å². The van der Waals surface area contributed by atoms with Crippen LogP contribution in [0.5, 0.6) is 0 Å². The number of hydrogen-bond acceptors (Lipinski definition) is 5. The van der Waals surface area contributed by atoms with E-state index in [1.54, 1.807) is 37.4 Å². The third-order valence-corrected chi connectivity index (χ3v) is 6.65. The first-order valence-electron chi connectivity index (χ1n) is 8.20. The van der Waals surface area contributed by atoms with Crippen LogP contribution >= 0.6 is 0 Å². The molecule has 6 nitrogen and oxygen atoms in total. The molecular formula is C17H23NO5S. The van der Waals surface area contributed by atoms with Crippen LogP contribution in [0.4, 0.5) is 0 Å². The summed E-state index contributed by atoms with van der Waals surface area (Å²) >= 11 is 0. The van der Waals surface area contributed by atoms with Crippen LogP contribution < -0.4 is 5.32 Å². The van der Waals surface area contributed by atoms with Gasteiger partial charge in [-0.05, 0) is 18.6 Å². The molecule has 0 unspecified atom stereocenters. The van der Waals surface area contributed by atoms with Crippen LogP contribution in [0.25, 0.3) is 0 Å². The molecule has 0 radical (unpaired) electrons. The van der Waals surface area contributed by atoms with Crippen molar-refractivity contribution >= 4 is 15.7 Å². The highest BCUT2D eigenvalue weighted by atomic mass is 32.2. The predicted molar refractivity (Wildman–Crippen MR) is 88.3 cm³/mol. The van der Waals surface area contributed by atoms with Crippen LogP contribution in [0.3, 0.4) is 0 Å². The highest BCUT2D eigenvalue weighted by molar-refractivity contribution is 7.91. The number of fused-ring (bicyclic) bond motifs is 1. The summed E-state index contributed by atoms with van der Waals surface area (Å²) in [6, 6.07) is 8.23. The molecule has 1 saturated heterocycles. The number of amides is 1. The Balaban J connectivity index is 1.54. The zero-order chi connectivity index (χ0) is 17.2. The maximum Gasteiger partial charge on any atom is 0.221 e. The minimum absolute atomic E-state index is 0.0179. The summed E-state index contributed by atoms with van der Waals surface area (Å²) < 4.78 is 35.4. The van der Waals surface area contributed by atoms with Crippen LogP contribution in [0, 0.1) is 11.8 Å².